The first-order chi connectivity index (χ1) is 11.9. The molecule has 3 rings (SSSR count). The number of nitrogens with one attached hydrogen (secondary N) is 1. The fraction of sp³-hybridized carbons (Fsp3) is 0.667. The molecule has 1 amide bonds. The van der Waals surface area contributed by atoms with Crippen molar-refractivity contribution < 1.29 is 9.53 Å². The van der Waals surface area contributed by atoms with Gasteiger partial charge in [0.15, 0.2) is 0 Å². The molecule has 1 aromatic carbocycles. The molecule has 2 heterocycles. The van der Waals surface area contributed by atoms with E-state index in [1.54, 1.807) is 0 Å². The first kappa shape index (κ1) is 18.4. The van der Waals surface area contributed by atoms with Crippen molar-refractivity contribution in [2.75, 3.05) is 32.8 Å². The van der Waals surface area contributed by atoms with Gasteiger partial charge in [-0.2, -0.15) is 0 Å². The minimum absolute atomic E-state index is 0.0482. The predicted octanol–water partition coefficient (Wildman–Crippen LogP) is 3.21. The summed E-state index contributed by atoms with van der Waals surface area (Å²) in [5.74, 6) is 0.642. The van der Waals surface area contributed by atoms with Crippen LogP contribution >= 0.6 is 0 Å². The molecule has 2 aliphatic heterocycles. The van der Waals surface area contributed by atoms with Crippen molar-refractivity contribution in [1.29, 1.82) is 0 Å². The number of carbonyl (C=O) groups is 1. The Bertz CT molecular complexity index is 563. The van der Waals surface area contributed by atoms with Gasteiger partial charge in [0.1, 0.15) is 0 Å². The van der Waals surface area contributed by atoms with Crippen LogP contribution in [-0.2, 0) is 10.2 Å². The zero-order valence-corrected chi connectivity index (χ0v) is 15.9. The topological polar surface area (TPSA) is 41.6 Å². The SMILES string of the molecule is CC(C)(C)c1ccc(C(=O)NCC2CCN(C3CCOC3)CC2)cc1. The number of amides is 1. The van der Waals surface area contributed by atoms with Gasteiger partial charge in [-0.25, -0.2) is 0 Å². The highest BCUT2D eigenvalue weighted by atomic mass is 16.5. The molecule has 0 bridgehead atoms. The Labute approximate surface area is 151 Å². The van der Waals surface area contributed by atoms with E-state index in [2.05, 4.69) is 43.1 Å². The zero-order valence-electron chi connectivity index (χ0n) is 15.9. The molecule has 0 spiro atoms. The first-order valence-electron chi connectivity index (χ1n) is 9.64. The summed E-state index contributed by atoms with van der Waals surface area (Å²) in [7, 11) is 0. The lowest BCUT2D eigenvalue weighted by Gasteiger charge is -2.35. The molecule has 4 nitrogen and oxygen atoms in total. The van der Waals surface area contributed by atoms with Crippen LogP contribution in [0.1, 0.15) is 56.0 Å². The summed E-state index contributed by atoms with van der Waals surface area (Å²) in [6, 6.07) is 8.64. The highest BCUT2D eigenvalue weighted by Crippen LogP contribution is 2.23. The van der Waals surface area contributed by atoms with Crippen LogP contribution in [0.15, 0.2) is 24.3 Å². The molecule has 2 fully saturated rings. The van der Waals surface area contributed by atoms with Crippen LogP contribution in [0.25, 0.3) is 0 Å². The van der Waals surface area contributed by atoms with Crippen LogP contribution in [0.2, 0.25) is 0 Å². The molecule has 1 atom stereocenters. The number of nitrogens with zero attached hydrogens (tertiary/aromatic N) is 1. The third-order valence-corrected chi connectivity index (χ3v) is 5.64. The van der Waals surface area contributed by atoms with E-state index >= 15 is 0 Å². The largest absolute Gasteiger partial charge is 0.380 e. The van der Waals surface area contributed by atoms with Gasteiger partial charge >= 0.3 is 0 Å². The quantitative estimate of drug-likeness (QED) is 0.912. The molecular formula is C21H32N2O2. The van der Waals surface area contributed by atoms with Crippen molar-refractivity contribution in [2.45, 2.75) is 51.5 Å². The van der Waals surface area contributed by atoms with Gasteiger partial charge in [0.2, 0.25) is 0 Å². The summed E-state index contributed by atoms with van der Waals surface area (Å²) >= 11 is 0. The van der Waals surface area contributed by atoms with Gasteiger partial charge in [-0.15, -0.1) is 0 Å². The predicted molar refractivity (Wildman–Crippen MR) is 101 cm³/mol. The number of hydrogen-bond acceptors (Lipinski definition) is 3. The van der Waals surface area contributed by atoms with Crippen LogP contribution in [-0.4, -0.2) is 49.7 Å². The second kappa shape index (κ2) is 7.88. The summed E-state index contributed by atoms with van der Waals surface area (Å²) in [6.45, 7) is 11.4. The van der Waals surface area contributed by atoms with Crippen LogP contribution in [0.3, 0.4) is 0 Å². The lowest BCUT2D eigenvalue weighted by atomic mass is 9.86. The van der Waals surface area contributed by atoms with Crippen LogP contribution in [0.4, 0.5) is 0 Å². The van der Waals surface area contributed by atoms with Gasteiger partial charge < -0.3 is 10.1 Å². The zero-order chi connectivity index (χ0) is 17.9. The number of carbonyl (C=O) groups excluding carboxylic acids is 1. The van der Waals surface area contributed by atoms with Crippen molar-refractivity contribution in [1.82, 2.24) is 10.2 Å². The molecule has 0 aliphatic carbocycles. The Balaban J connectivity index is 1.43. The molecule has 2 saturated heterocycles. The number of hydrogen-bond donors (Lipinski definition) is 1. The molecule has 1 unspecified atom stereocenters. The van der Waals surface area contributed by atoms with Crippen molar-refractivity contribution in [3.8, 4) is 0 Å². The molecule has 0 radical (unpaired) electrons. The minimum Gasteiger partial charge on any atom is -0.380 e. The van der Waals surface area contributed by atoms with E-state index in [1.807, 2.05) is 12.1 Å². The monoisotopic (exact) mass is 344 g/mol. The maximum absolute atomic E-state index is 12.4. The molecule has 1 aromatic rings. The van der Waals surface area contributed by atoms with Crippen molar-refractivity contribution in [3.63, 3.8) is 0 Å². The molecule has 138 valence electrons. The molecule has 4 heteroatoms. The maximum atomic E-state index is 12.4. The Morgan fingerprint density at radius 1 is 1.16 bits per heavy atom. The van der Waals surface area contributed by atoms with E-state index < -0.39 is 0 Å². The summed E-state index contributed by atoms with van der Waals surface area (Å²) in [6.07, 6.45) is 3.51. The summed E-state index contributed by atoms with van der Waals surface area (Å²) < 4.78 is 5.50. The van der Waals surface area contributed by atoms with E-state index in [0.29, 0.717) is 12.0 Å². The standard InChI is InChI=1S/C21H32N2O2/c1-21(2,3)18-6-4-17(5-7-18)20(24)22-14-16-8-11-23(12-9-16)19-10-13-25-15-19/h4-7,16,19H,8-15H2,1-3H3,(H,22,24). The van der Waals surface area contributed by atoms with Crippen LogP contribution < -0.4 is 5.32 Å². The van der Waals surface area contributed by atoms with Gasteiger partial charge in [0.25, 0.3) is 5.91 Å². The molecule has 1 N–H and O–H groups in total. The van der Waals surface area contributed by atoms with Gasteiger partial charge in [-0.1, -0.05) is 32.9 Å². The summed E-state index contributed by atoms with van der Waals surface area (Å²) in [4.78, 5) is 14.9. The first-order valence-corrected chi connectivity index (χ1v) is 9.64. The Kier molecular flexibility index (Phi) is 5.80. The van der Waals surface area contributed by atoms with Crippen molar-refractivity contribution in [2.24, 2.45) is 5.92 Å². The van der Waals surface area contributed by atoms with Crippen molar-refractivity contribution in [3.05, 3.63) is 35.4 Å². The molecule has 0 saturated carbocycles. The second-order valence-electron chi connectivity index (χ2n) is 8.53. The third-order valence-electron chi connectivity index (χ3n) is 5.64. The highest BCUT2D eigenvalue weighted by Gasteiger charge is 2.27. The Morgan fingerprint density at radius 2 is 1.84 bits per heavy atom. The molecule has 0 aromatic heterocycles. The normalized spacial score (nSPS) is 22.9. The van der Waals surface area contributed by atoms with Crippen LogP contribution in [0, 0.1) is 5.92 Å². The second-order valence-corrected chi connectivity index (χ2v) is 8.53. The summed E-state index contributed by atoms with van der Waals surface area (Å²) in [5.41, 5.74) is 2.13. The Hall–Kier alpha value is -1.39. The minimum atomic E-state index is 0.0482. The van der Waals surface area contributed by atoms with Gasteiger partial charge in [0.05, 0.1) is 6.61 Å². The molecular weight excluding hydrogens is 312 g/mol. The van der Waals surface area contributed by atoms with Gasteiger partial charge in [0, 0.05) is 24.8 Å². The molecule has 2 aliphatic rings. The highest BCUT2D eigenvalue weighted by molar-refractivity contribution is 5.94. The van der Waals surface area contributed by atoms with E-state index in [4.69, 9.17) is 4.74 Å². The average molecular weight is 344 g/mol. The van der Waals surface area contributed by atoms with Gasteiger partial charge in [-0.05, 0) is 61.4 Å². The fourth-order valence-corrected chi connectivity index (χ4v) is 3.79. The lowest BCUT2D eigenvalue weighted by Crippen LogP contribution is -2.43. The van der Waals surface area contributed by atoms with E-state index in [9.17, 15) is 4.79 Å². The van der Waals surface area contributed by atoms with Gasteiger partial charge in [-0.3, -0.25) is 9.69 Å². The summed E-state index contributed by atoms with van der Waals surface area (Å²) in [5, 5.41) is 3.13. The fourth-order valence-electron chi connectivity index (χ4n) is 3.79. The van der Waals surface area contributed by atoms with E-state index in [-0.39, 0.29) is 11.3 Å². The molecule has 25 heavy (non-hydrogen) atoms. The third kappa shape index (κ3) is 4.83. The van der Waals surface area contributed by atoms with Crippen molar-refractivity contribution >= 4 is 5.91 Å². The van der Waals surface area contributed by atoms with Crippen LogP contribution in [0.5, 0.6) is 0 Å². The average Bonchev–Trinajstić information content (AvgIpc) is 3.14. The number of likely N-dealkylation sites (tertiary alicyclic amines) is 1. The van der Waals surface area contributed by atoms with E-state index in [0.717, 1.165) is 38.4 Å². The number of ether oxygens (including phenoxy) is 1. The number of benzene rings is 1. The number of rotatable bonds is 4. The lowest BCUT2D eigenvalue weighted by molar-refractivity contribution is 0.0911. The van der Waals surface area contributed by atoms with E-state index in [1.165, 1.54) is 24.8 Å². The Morgan fingerprint density at radius 3 is 2.40 bits per heavy atom. The number of piperidine rings is 1. The maximum Gasteiger partial charge on any atom is 0.251 e. The smallest absolute Gasteiger partial charge is 0.251 e.